The van der Waals surface area contributed by atoms with Gasteiger partial charge in [-0.05, 0) is 30.3 Å². The third-order valence-electron chi connectivity index (χ3n) is 3.17. The maximum absolute atomic E-state index is 12.8. The Morgan fingerprint density at radius 3 is 2.42 bits per heavy atom. The first-order chi connectivity index (χ1) is 11.2. The molecule has 0 aliphatic carbocycles. The number of hydrogen-bond donors (Lipinski definition) is 1. The van der Waals surface area contributed by atoms with Crippen molar-refractivity contribution >= 4 is 40.4 Å². The fourth-order valence-corrected chi connectivity index (χ4v) is 2.43. The third kappa shape index (κ3) is 3.32. The van der Waals surface area contributed by atoms with Crippen LogP contribution in [0, 0.1) is 0 Å². The molecule has 4 nitrogen and oxygen atoms in total. The first-order valence-electron chi connectivity index (χ1n) is 6.56. The number of rotatable bonds is 2. The minimum Gasteiger partial charge on any atom is -0.321 e. The summed E-state index contributed by atoms with van der Waals surface area (Å²) < 4.78 is 39.5. The van der Waals surface area contributed by atoms with E-state index >= 15 is 0 Å². The SMILES string of the molecule is O=C(Nc1ccc(Cl)cc1)c1cn2cc(C(F)(F)F)cc(Cl)c2n1. The zero-order valence-electron chi connectivity index (χ0n) is 11.7. The molecule has 1 aromatic carbocycles. The van der Waals surface area contributed by atoms with Crippen LogP contribution in [0.1, 0.15) is 16.1 Å². The number of halogens is 5. The van der Waals surface area contributed by atoms with Gasteiger partial charge in [0.15, 0.2) is 5.65 Å². The van der Waals surface area contributed by atoms with Gasteiger partial charge >= 0.3 is 6.18 Å². The lowest BCUT2D eigenvalue weighted by Crippen LogP contribution is -2.12. The highest BCUT2D eigenvalue weighted by Crippen LogP contribution is 2.32. The molecule has 0 bridgehead atoms. The molecule has 0 spiro atoms. The van der Waals surface area contributed by atoms with Gasteiger partial charge in [0.25, 0.3) is 5.91 Å². The highest BCUT2D eigenvalue weighted by atomic mass is 35.5. The Kier molecular flexibility index (Phi) is 4.15. The van der Waals surface area contributed by atoms with Gasteiger partial charge in [-0.2, -0.15) is 13.2 Å². The normalized spacial score (nSPS) is 11.7. The molecule has 9 heteroatoms. The van der Waals surface area contributed by atoms with Crippen LogP contribution in [0.3, 0.4) is 0 Å². The van der Waals surface area contributed by atoms with Gasteiger partial charge in [0.05, 0.1) is 10.6 Å². The molecule has 0 atom stereocenters. The molecule has 2 heterocycles. The quantitative estimate of drug-likeness (QED) is 0.693. The van der Waals surface area contributed by atoms with Gasteiger partial charge in [0, 0.05) is 23.1 Å². The van der Waals surface area contributed by atoms with Crippen LogP contribution in [0.25, 0.3) is 5.65 Å². The Labute approximate surface area is 143 Å². The molecule has 0 saturated heterocycles. The molecule has 0 unspecified atom stereocenters. The Bertz CT molecular complexity index is 920. The van der Waals surface area contributed by atoms with E-state index in [4.69, 9.17) is 23.2 Å². The molecule has 1 N–H and O–H groups in total. The number of aromatic nitrogens is 2. The average Bonchev–Trinajstić information content (AvgIpc) is 2.93. The number of amides is 1. The summed E-state index contributed by atoms with van der Waals surface area (Å²) in [5.41, 5.74) is -0.456. The van der Waals surface area contributed by atoms with Crippen molar-refractivity contribution in [3.05, 3.63) is 64.0 Å². The number of benzene rings is 1. The molecular weight excluding hydrogens is 366 g/mol. The summed E-state index contributed by atoms with van der Waals surface area (Å²) in [7, 11) is 0. The summed E-state index contributed by atoms with van der Waals surface area (Å²) in [6.45, 7) is 0. The lowest BCUT2D eigenvalue weighted by molar-refractivity contribution is -0.137. The second-order valence-electron chi connectivity index (χ2n) is 4.89. The molecule has 0 aliphatic heterocycles. The van der Waals surface area contributed by atoms with Crippen molar-refractivity contribution in [1.82, 2.24) is 9.38 Å². The van der Waals surface area contributed by atoms with E-state index in [1.807, 2.05) is 0 Å². The van der Waals surface area contributed by atoms with Crippen molar-refractivity contribution in [2.24, 2.45) is 0 Å². The first kappa shape index (κ1) is 16.6. The number of anilines is 1. The molecule has 2 aromatic heterocycles. The number of nitrogens with zero attached hydrogens (tertiary/aromatic N) is 2. The van der Waals surface area contributed by atoms with Gasteiger partial charge in [-0.15, -0.1) is 0 Å². The minimum atomic E-state index is -4.55. The van der Waals surface area contributed by atoms with E-state index in [-0.39, 0.29) is 16.4 Å². The highest BCUT2D eigenvalue weighted by Gasteiger charge is 2.32. The van der Waals surface area contributed by atoms with Gasteiger partial charge in [-0.25, -0.2) is 4.98 Å². The van der Waals surface area contributed by atoms with E-state index in [2.05, 4.69) is 10.3 Å². The molecule has 24 heavy (non-hydrogen) atoms. The predicted octanol–water partition coefficient (Wildman–Crippen LogP) is 4.91. The molecule has 124 valence electrons. The molecule has 3 rings (SSSR count). The monoisotopic (exact) mass is 373 g/mol. The topological polar surface area (TPSA) is 46.4 Å². The molecule has 0 aliphatic rings. The maximum Gasteiger partial charge on any atom is 0.417 e. The van der Waals surface area contributed by atoms with Crippen LogP contribution in [-0.4, -0.2) is 15.3 Å². The summed E-state index contributed by atoms with van der Waals surface area (Å²) in [4.78, 5) is 16.2. The fourth-order valence-electron chi connectivity index (χ4n) is 2.05. The summed E-state index contributed by atoms with van der Waals surface area (Å²) in [5.74, 6) is -0.578. The van der Waals surface area contributed by atoms with E-state index < -0.39 is 17.6 Å². The van der Waals surface area contributed by atoms with Crippen LogP contribution in [-0.2, 0) is 6.18 Å². The van der Waals surface area contributed by atoms with Crippen molar-refractivity contribution in [2.75, 3.05) is 5.32 Å². The van der Waals surface area contributed by atoms with Gasteiger partial charge in [-0.1, -0.05) is 23.2 Å². The summed E-state index contributed by atoms with van der Waals surface area (Å²) >= 11 is 11.6. The Hall–Kier alpha value is -2.25. The zero-order chi connectivity index (χ0) is 17.5. The predicted molar refractivity (Wildman–Crippen MR) is 84.6 cm³/mol. The molecule has 0 fully saturated rings. The van der Waals surface area contributed by atoms with Gasteiger partial charge in [-0.3, -0.25) is 4.79 Å². The third-order valence-corrected chi connectivity index (χ3v) is 3.70. The first-order valence-corrected chi connectivity index (χ1v) is 7.32. The second kappa shape index (κ2) is 5.99. The van der Waals surface area contributed by atoms with Crippen LogP contribution >= 0.6 is 23.2 Å². The standard InChI is InChI=1S/C15H8Cl2F3N3O/c16-9-1-3-10(4-2-9)21-14(24)12-7-23-6-8(15(18,19)20)5-11(17)13(23)22-12/h1-7H,(H,21,24). The van der Waals surface area contributed by atoms with Gasteiger partial charge in [0.1, 0.15) is 5.69 Å². The molecule has 0 saturated carbocycles. The number of hydrogen-bond acceptors (Lipinski definition) is 2. The van der Waals surface area contributed by atoms with Crippen LogP contribution in [0.15, 0.2) is 42.7 Å². The van der Waals surface area contributed by atoms with Crippen molar-refractivity contribution in [3.8, 4) is 0 Å². The van der Waals surface area contributed by atoms with Crippen LogP contribution in [0.2, 0.25) is 10.0 Å². The second-order valence-corrected chi connectivity index (χ2v) is 5.74. The Morgan fingerprint density at radius 1 is 1.12 bits per heavy atom. The fraction of sp³-hybridized carbons (Fsp3) is 0.0667. The lowest BCUT2D eigenvalue weighted by atomic mass is 10.3. The number of imidazole rings is 1. The van der Waals surface area contributed by atoms with Gasteiger partial charge < -0.3 is 9.72 Å². The van der Waals surface area contributed by atoms with Crippen LogP contribution in [0.4, 0.5) is 18.9 Å². The van der Waals surface area contributed by atoms with Crippen molar-refractivity contribution < 1.29 is 18.0 Å². The van der Waals surface area contributed by atoms with E-state index in [0.717, 1.165) is 16.7 Å². The Balaban J connectivity index is 1.94. The minimum absolute atomic E-state index is 0.0610. The van der Waals surface area contributed by atoms with E-state index in [1.54, 1.807) is 24.3 Å². The molecule has 1 amide bonds. The van der Waals surface area contributed by atoms with Crippen LogP contribution < -0.4 is 5.32 Å². The maximum atomic E-state index is 12.8. The summed E-state index contributed by atoms with van der Waals surface area (Å²) in [5, 5.41) is 2.88. The number of nitrogens with one attached hydrogen (secondary N) is 1. The van der Waals surface area contributed by atoms with Crippen molar-refractivity contribution in [1.29, 1.82) is 0 Å². The largest absolute Gasteiger partial charge is 0.417 e. The van der Waals surface area contributed by atoms with E-state index in [9.17, 15) is 18.0 Å². The van der Waals surface area contributed by atoms with Gasteiger partial charge in [0.2, 0.25) is 0 Å². The number of carbonyl (C=O) groups excluding carboxylic acids is 1. The van der Waals surface area contributed by atoms with Crippen molar-refractivity contribution in [2.45, 2.75) is 6.18 Å². The molecular formula is C15H8Cl2F3N3O. The Morgan fingerprint density at radius 2 is 1.79 bits per heavy atom. The number of carbonyl (C=O) groups is 1. The number of pyridine rings is 1. The van der Waals surface area contributed by atoms with Crippen molar-refractivity contribution in [3.63, 3.8) is 0 Å². The summed E-state index contributed by atoms with van der Waals surface area (Å²) in [6, 6.07) is 7.13. The number of alkyl halides is 3. The molecule has 0 radical (unpaired) electrons. The molecule has 3 aromatic rings. The average molecular weight is 374 g/mol. The smallest absolute Gasteiger partial charge is 0.321 e. The van der Waals surface area contributed by atoms with Crippen LogP contribution in [0.5, 0.6) is 0 Å². The highest BCUT2D eigenvalue weighted by molar-refractivity contribution is 6.33. The van der Waals surface area contributed by atoms with E-state index in [0.29, 0.717) is 10.7 Å². The summed E-state index contributed by atoms with van der Waals surface area (Å²) in [6.07, 6.45) is -2.54. The number of fused-ring (bicyclic) bond motifs is 1. The zero-order valence-corrected chi connectivity index (χ0v) is 13.2. The van der Waals surface area contributed by atoms with E-state index in [1.165, 1.54) is 6.20 Å². The lowest BCUT2D eigenvalue weighted by Gasteiger charge is -2.07.